The zero-order valence-corrected chi connectivity index (χ0v) is 7.18. The molecular formula is C6H5N3O3S. The van der Waals surface area contributed by atoms with E-state index in [0.717, 1.165) is 4.09 Å². The minimum Gasteiger partial charge on any atom is -0.451 e. The molecule has 0 aromatic carbocycles. The topological polar surface area (TPSA) is 78.0 Å². The van der Waals surface area contributed by atoms with Gasteiger partial charge in [0.15, 0.2) is 0 Å². The lowest BCUT2D eigenvalue weighted by atomic mass is 10.7. The molecular weight excluding hydrogens is 194 g/mol. The first-order valence-corrected chi connectivity index (χ1v) is 4.80. The summed E-state index contributed by atoms with van der Waals surface area (Å²) in [5.74, 6) is 0. The molecule has 0 spiro atoms. The van der Waals surface area contributed by atoms with Gasteiger partial charge in [0.1, 0.15) is 0 Å². The van der Waals surface area contributed by atoms with Crippen molar-refractivity contribution in [3.05, 3.63) is 30.8 Å². The zero-order valence-electron chi connectivity index (χ0n) is 6.36. The smallest absolute Gasteiger partial charge is 0.317 e. The lowest BCUT2D eigenvalue weighted by Crippen LogP contribution is -2.12. The Morgan fingerprint density at radius 1 is 1.46 bits per heavy atom. The van der Waals surface area contributed by atoms with E-state index in [1.54, 1.807) is 0 Å². The number of furan rings is 1. The largest absolute Gasteiger partial charge is 0.451 e. The van der Waals surface area contributed by atoms with E-state index in [4.69, 9.17) is 4.42 Å². The van der Waals surface area contributed by atoms with Gasteiger partial charge < -0.3 is 4.42 Å². The summed E-state index contributed by atoms with van der Waals surface area (Å²) in [6, 6.07) is 2.83. The molecule has 0 saturated carbocycles. The normalized spacial score (nSPS) is 11.7. The molecule has 6 nitrogen and oxygen atoms in total. The maximum absolute atomic E-state index is 11.5. The molecule has 0 aliphatic rings. The highest BCUT2D eigenvalue weighted by Gasteiger charge is 2.19. The number of nitrogens with zero attached hydrogens (tertiary/aromatic N) is 3. The van der Waals surface area contributed by atoms with Crippen molar-refractivity contribution in [2.24, 2.45) is 0 Å². The molecule has 0 radical (unpaired) electrons. The molecule has 0 N–H and O–H groups in total. The van der Waals surface area contributed by atoms with Crippen LogP contribution in [0.4, 0.5) is 0 Å². The first-order valence-electron chi connectivity index (χ1n) is 3.36. The predicted octanol–water partition coefficient (Wildman–Crippen LogP) is 0.108. The fourth-order valence-corrected chi connectivity index (χ4v) is 1.79. The summed E-state index contributed by atoms with van der Waals surface area (Å²) in [5, 5.41) is 6.60. The second-order valence-electron chi connectivity index (χ2n) is 2.21. The van der Waals surface area contributed by atoms with Gasteiger partial charge in [0, 0.05) is 0 Å². The van der Waals surface area contributed by atoms with Crippen LogP contribution >= 0.6 is 0 Å². The Labute approximate surface area is 73.8 Å². The molecule has 0 fully saturated rings. The van der Waals surface area contributed by atoms with Gasteiger partial charge in [0.25, 0.3) is 0 Å². The van der Waals surface area contributed by atoms with Crippen LogP contribution in [0.2, 0.25) is 0 Å². The van der Waals surface area contributed by atoms with Gasteiger partial charge in [-0.1, -0.05) is 5.21 Å². The van der Waals surface area contributed by atoms with Crippen LogP contribution in [0.15, 0.2) is 40.3 Å². The molecule has 0 bridgehead atoms. The number of hydrogen-bond acceptors (Lipinski definition) is 5. The van der Waals surface area contributed by atoms with Crippen LogP contribution in [0.3, 0.4) is 0 Å². The molecule has 0 amide bonds. The van der Waals surface area contributed by atoms with E-state index in [1.165, 1.54) is 30.8 Å². The summed E-state index contributed by atoms with van der Waals surface area (Å²) in [7, 11) is -3.68. The van der Waals surface area contributed by atoms with Crippen LogP contribution in [0.25, 0.3) is 0 Å². The fraction of sp³-hybridized carbons (Fsp3) is 0. The monoisotopic (exact) mass is 199 g/mol. The molecule has 0 atom stereocenters. The van der Waals surface area contributed by atoms with Gasteiger partial charge >= 0.3 is 10.0 Å². The Balaban J connectivity index is 2.56. The van der Waals surface area contributed by atoms with Crippen LogP contribution in [0.1, 0.15) is 0 Å². The van der Waals surface area contributed by atoms with Crippen molar-refractivity contribution < 1.29 is 12.8 Å². The van der Waals surface area contributed by atoms with Crippen molar-refractivity contribution >= 4 is 10.0 Å². The Hall–Kier alpha value is -1.63. The lowest BCUT2D eigenvalue weighted by molar-refractivity contribution is 0.444. The third kappa shape index (κ3) is 1.22. The SMILES string of the molecule is O=S(=O)(c1ccco1)n1ccnn1. The molecule has 2 rings (SSSR count). The summed E-state index contributed by atoms with van der Waals surface area (Å²) in [6.45, 7) is 0. The highest BCUT2D eigenvalue weighted by molar-refractivity contribution is 7.89. The number of aromatic nitrogens is 3. The third-order valence-electron chi connectivity index (χ3n) is 1.40. The van der Waals surface area contributed by atoms with Gasteiger partial charge in [-0.2, -0.15) is 8.42 Å². The van der Waals surface area contributed by atoms with Crippen LogP contribution in [-0.4, -0.2) is 22.8 Å². The summed E-state index contributed by atoms with van der Waals surface area (Å²) in [5.41, 5.74) is 0. The Bertz CT molecular complexity index is 431. The van der Waals surface area contributed by atoms with Crippen molar-refractivity contribution in [3.63, 3.8) is 0 Å². The highest BCUT2D eigenvalue weighted by atomic mass is 32.2. The van der Waals surface area contributed by atoms with E-state index in [2.05, 4.69) is 10.3 Å². The van der Waals surface area contributed by atoms with E-state index < -0.39 is 10.0 Å². The summed E-state index contributed by atoms with van der Waals surface area (Å²) in [4.78, 5) is 0. The van der Waals surface area contributed by atoms with E-state index in [0.29, 0.717) is 0 Å². The van der Waals surface area contributed by atoms with E-state index in [1.807, 2.05) is 0 Å². The predicted molar refractivity (Wildman–Crippen MR) is 41.3 cm³/mol. The number of rotatable bonds is 2. The van der Waals surface area contributed by atoms with Crippen molar-refractivity contribution in [1.82, 2.24) is 14.4 Å². The van der Waals surface area contributed by atoms with Crippen molar-refractivity contribution in [2.45, 2.75) is 5.09 Å². The van der Waals surface area contributed by atoms with Crippen LogP contribution in [0, 0.1) is 0 Å². The molecule has 2 heterocycles. The fourth-order valence-electron chi connectivity index (χ4n) is 0.828. The van der Waals surface area contributed by atoms with E-state index >= 15 is 0 Å². The summed E-state index contributed by atoms with van der Waals surface area (Å²) < 4.78 is 28.5. The molecule has 7 heteroatoms. The van der Waals surface area contributed by atoms with Crippen molar-refractivity contribution in [1.29, 1.82) is 0 Å². The van der Waals surface area contributed by atoms with Crippen molar-refractivity contribution in [3.8, 4) is 0 Å². The van der Waals surface area contributed by atoms with E-state index in [9.17, 15) is 8.42 Å². The van der Waals surface area contributed by atoms with Gasteiger partial charge in [-0.25, -0.2) is 0 Å². The molecule has 2 aromatic heterocycles. The minimum absolute atomic E-state index is 0.155. The molecule has 2 aromatic rings. The van der Waals surface area contributed by atoms with Gasteiger partial charge in [-0.05, 0) is 12.1 Å². The molecule has 0 aliphatic heterocycles. The van der Waals surface area contributed by atoms with Crippen LogP contribution < -0.4 is 0 Å². The molecule has 13 heavy (non-hydrogen) atoms. The molecule has 0 unspecified atom stereocenters. The first-order chi connectivity index (χ1) is 6.21. The standard InChI is InChI=1S/C6H5N3O3S/c10-13(11,6-2-1-5-12-6)9-4-3-7-8-9/h1-5H. The quantitative estimate of drug-likeness (QED) is 0.685. The van der Waals surface area contributed by atoms with Crippen molar-refractivity contribution in [2.75, 3.05) is 0 Å². The summed E-state index contributed by atoms with van der Waals surface area (Å²) in [6.07, 6.45) is 3.79. The maximum atomic E-state index is 11.5. The van der Waals surface area contributed by atoms with Gasteiger partial charge in [0.05, 0.1) is 18.7 Å². The van der Waals surface area contributed by atoms with E-state index in [-0.39, 0.29) is 5.09 Å². The zero-order chi connectivity index (χ0) is 9.31. The average Bonchev–Trinajstić information content (AvgIpc) is 2.78. The van der Waals surface area contributed by atoms with Crippen LogP contribution in [-0.2, 0) is 10.0 Å². The second kappa shape index (κ2) is 2.70. The Kier molecular flexibility index (Phi) is 1.66. The Morgan fingerprint density at radius 3 is 2.85 bits per heavy atom. The summed E-state index contributed by atoms with van der Waals surface area (Å²) >= 11 is 0. The van der Waals surface area contributed by atoms with Crippen LogP contribution in [0.5, 0.6) is 0 Å². The second-order valence-corrected chi connectivity index (χ2v) is 3.94. The Morgan fingerprint density at radius 2 is 2.31 bits per heavy atom. The molecule has 0 saturated heterocycles. The highest BCUT2D eigenvalue weighted by Crippen LogP contribution is 2.11. The maximum Gasteiger partial charge on any atom is 0.317 e. The van der Waals surface area contributed by atoms with Gasteiger partial charge in [-0.3, -0.25) is 0 Å². The molecule has 68 valence electrons. The van der Waals surface area contributed by atoms with Gasteiger partial charge in [0.2, 0.25) is 5.09 Å². The third-order valence-corrected chi connectivity index (χ3v) is 2.82. The van der Waals surface area contributed by atoms with Gasteiger partial charge in [-0.15, -0.1) is 9.19 Å². The lowest BCUT2D eigenvalue weighted by Gasteiger charge is -1.97. The minimum atomic E-state index is -3.68. The number of hydrogen-bond donors (Lipinski definition) is 0. The molecule has 0 aliphatic carbocycles. The first kappa shape index (κ1) is 7.99. The average molecular weight is 199 g/mol.